The molecule has 0 heterocycles. The second-order valence-electron chi connectivity index (χ2n) is 4.20. The lowest BCUT2D eigenvalue weighted by atomic mass is 9.86. The molecule has 0 unspecified atom stereocenters. The molecule has 0 atom stereocenters. The molecule has 0 aliphatic rings. The topological polar surface area (TPSA) is 26.0 Å². The van der Waals surface area contributed by atoms with E-state index in [0.717, 1.165) is 9.13 Å². The van der Waals surface area contributed by atoms with Gasteiger partial charge in [0.1, 0.15) is 0 Å². The van der Waals surface area contributed by atoms with Gasteiger partial charge in [0.25, 0.3) is 0 Å². The van der Waals surface area contributed by atoms with Crippen molar-refractivity contribution in [1.29, 1.82) is 0 Å². The number of halogens is 1. The van der Waals surface area contributed by atoms with E-state index in [2.05, 4.69) is 61.6 Å². The van der Waals surface area contributed by atoms with Crippen LogP contribution in [0.15, 0.2) is 12.1 Å². The van der Waals surface area contributed by atoms with Gasteiger partial charge in [0.15, 0.2) is 0 Å². The Hall–Kier alpha value is -0.0900. The molecular weight excluding hydrogens is 273 g/mol. The molecule has 1 rings (SSSR count). The van der Waals surface area contributed by atoms with Crippen molar-refractivity contribution >= 4 is 22.6 Å². The van der Waals surface area contributed by atoms with Gasteiger partial charge in [-0.3, -0.25) is 0 Å². The molecule has 0 aliphatic carbocycles. The first-order valence-corrected chi connectivity index (χ1v) is 5.43. The second-order valence-corrected chi connectivity index (χ2v) is 5.36. The Kier molecular flexibility index (Phi) is 3.35. The zero-order chi connectivity index (χ0) is 10.1. The van der Waals surface area contributed by atoms with Crippen LogP contribution in [0.3, 0.4) is 0 Å². The second kappa shape index (κ2) is 3.96. The first-order valence-electron chi connectivity index (χ1n) is 4.36. The van der Waals surface area contributed by atoms with Gasteiger partial charge in [-0.1, -0.05) is 26.8 Å². The number of rotatable bonds is 1. The Morgan fingerprint density at radius 3 is 2.46 bits per heavy atom. The molecule has 0 aliphatic heterocycles. The van der Waals surface area contributed by atoms with Gasteiger partial charge in [-0.25, -0.2) is 0 Å². The molecule has 2 heteroatoms. The van der Waals surface area contributed by atoms with Crippen molar-refractivity contribution in [2.45, 2.75) is 32.7 Å². The van der Waals surface area contributed by atoms with Crippen LogP contribution in [-0.2, 0) is 12.0 Å². The molecule has 0 fully saturated rings. The van der Waals surface area contributed by atoms with Gasteiger partial charge in [0, 0.05) is 16.2 Å². The van der Waals surface area contributed by atoms with Crippen LogP contribution in [0.1, 0.15) is 31.9 Å². The van der Waals surface area contributed by atoms with E-state index < -0.39 is 0 Å². The highest BCUT2D eigenvalue weighted by molar-refractivity contribution is 14.1. The van der Waals surface area contributed by atoms with E-state index in [-0.39, 0.29) is 5.41 Å². The molecule has 0 saturated carbocycles. The molecule has 1 radical (unpaired) electrons. The van der Waals surface area contributed by atoms with Crippen molar-refractivity contribution in [1.82, 2.24) is 0 Å². The normalized spacial score (nSPS) is 11.8. The van der Waals surface area contributed by atoms with Crippen LogP contribution in [0.4, 0.5) is 0 Å². The summed E-state index contributed by atoms with van der Waals surface area (Å²) in [5.74, 6) is 0. The molecule has 1 aromatic carbocycles. The largest absolute Gasteiger partial charge is 0.326 e. The molecule has 0 saturated heterocycles. The summed E-state index contributed by atoms with van der Waals surface area (Å²) in [6, 6.07) is 7.54. The minimum absolute atomic E-state index is 0.193. The summed E-state index contributed by atoms with van der Waals surface area (Å²) in [4.78, 5) is 0. The predicted octanol–water partition coefficient (Wildman–Crippen LogP) is 2.85. The Morgan fingerprint density at radius 2 is 2.00 bits per heavy atom. The van der Waals surface area contributed by atoms with Crippen LogP contribution < -0.4 is 5.73 Å². The summed E-state index contributed by atoms with van der Waals surface area (Å²) in [5, 5.41) is 0. The summed E-state index contributed by atoms with van der Waals surface area (Å²) >= 11 is 2.28. The minimum Gasteiger partial charge on any atom is -0.326 e. The summed E-state index contributed by atoms with van der Waals surface area (Å²) in [5.41, 5.74) is 8.21. The van der Waals surface area contributed by atoms with Gasteiger partial charge in [-0.2, -0.15) is 0 Å². The van der Waals surface area contributed by atoms with Gasteiger partial charge >= 0.3 is 0 Å². The van der Waals surface area contributed by atoms with Gasteiger partial charge in [-0.05, 0) is 45.2 Å². The van der Waals surface area contributed by atoms with Crippen LogP contribution in [0.5, 0.6) is 0 Å². The highest BCUT2D eigenvalue weighted by Crippen LogP contribution is 2.24. The Bertz CT molecular complexity index is 299. The van der Waals surface area contributed by atoms with Crippen LogP contribution in [0, 0.1) is 9.64 Å². The number of benzene rings is 1. The van der Waals surface area contributed by atoms with E-state index in [9.17, 15) is 0 Å². The number of hydrogen-bond donors (Lipinski definition) is 1. The number of nitrogens with two attached hydrogens (primary N) is 1. The van der Waals surface area contributed by atoms with Gasteiger partial charge in [-0.15, -0.1) is 0 Å². The third-order valence-corrected chi connectivity index (χ3v) is 2.56. The van der Waals surface area contributed by atoms with E-state index in [1.165, 1.54) is 5.56 Å². The lowest BCUT2D eigenvalue weighted by molar-refractivity contribution is 0.588. The maximum Gasteiger partial charge on any atom is 0.0215 e. The fourth-order valence-electron chi connectivity index (χ4n) is 1.13. The highest BCUT2D eigenvalue weighted by atomic mass is 127. The van der Waals surface area contributed by atoms with E-state index in [1.807, 2.05) is 0 Å². The maximum absolute atomic E-state index is 5.60. The first kappa shape index (κ1) is 11.0. The Labute approximate surface area is 93.9 Å². The maximum atomic E-state index is 5.60. The SMILES string of the molecule is CC(C)(C)c1cc(I)[c]c(CN)c1. The van der Waals surface area contributed by atoms with Crippen LogP contribution in [0.25, 0.3) is 0 Å². The highest BCUT2D eigenvalue weighted by Gasteiger charge is 2.14. The lowest BCUT2D eigenvalue weighted by Gasteiger charge is -2.20. The van der Waals surface area contributed by atoms with Crippen molar-refractivity contribution in [2.75, 3.05) is 0 Å². The third-order valence-electron chi connectivity index (χ3n) is 1.98. The van der Waals surface area contributed by atoms with Crippen molar-refractivity contribution < 1.29 is 0 Å². The van der Waals surface area contributed by atoms with Crippen LogP contribution in [0.2, 0.25) is 0 Å². The number of hydrogen-bond acceptors (Lipinski definition) is 1. The third kappa shape index (κ3) is 2.95. The molecule has 1 aromatic rings. The van der Waals surface area contributed by atoms with Gasteiger partial charge in [0.2, 0.25) is 0 Å². The van der Waals surface area contributed by atoms with Crippen LogP contribution in [-0.4, -0.2) is 0 Å². The zero-order valence-corrected chi connectivity index (χ0v) is 10.5. The molecule has 0 amide bonds. The molecule has 0 bridgehead atoms. The quantitative estimate of drug-likeness (QED) is 0.790. The van der Waals surface area contributed by atoms with Gasteiger partial charge in [0.05, 0.1) is 0 Å². The van der Waals surface area contributed by atoms with E-state index in [1.54, 1.807) is 0 Å². The Morgan fingerprint density at radius 1 is 1.38 bits per heavy atom. The fourth-order valence-corrected chi connectivity index (χ4v) is 1.82. The van der Waals surface area contributed by atoms with E-state index in [0.29, 0.717) is 6.54 Å². The van der Waals surface area contributed by atoms with Gasteiger partial charge < -0.3 is 5.73 Å². The summed E-state index contributed by atoms with van der Waals surface area (Å²) in [6.45, 7) is 7.19. The van der Waals surface area contributed by atoms with Crippen LogP contribution >= 0.6 is 22.6 Å². The molecule has 0 aromatic heterocycles. The predicted molar refractivity (Wildman–Crippen MR) is 64.6 cm³/mol. The summed E-state index contributed by atoms with van der Waals surface area (Å²) < 4.78 is 1.14. The molecule has 2 N–H and O–H groups in total. The van der Waals surface area contributed by atoms with E-state index in [4.69, 9.17) is 5.73 Å². The Balaban J connectivity index is 3.16. The lowest BCUT2D eigenvalue weighted by Crippen LogP contribution is -2.12. The summed E-state index contributed by atoms with van der Waals surface area (Å²) in [7, 11) is 0. The monoisotopic (exact) mass is 288 g/mol. The zero-order valence-electron chi connectivity index (χ0n) is 8.32. The molecular formula is C11H15IN. The standard InChI is InChI=1S/C11H15IN/c1-11(2,3)9-4-8(7-13)5-10(12)6-9/h4,6H,7,13H2,1-3H3. The van der Waals surface area contributed by atoms with Crippen molar-refractivity contribution in [2.24, 2.45) is 5.73 Å². The average molecular weight is 288 g/mol. The molecule has 1 nitrogen and oxygen atoms in total. The van der Waals surface area contributed by atoms with Crippen molar-refractivity contribution in [3.63, 3.8) is 0 Å². The van der Waals surface area contributed by atoms with E-state index >= 15 is 0 Å². The molecule has 13 heavy (non-hydrogen) atoms. The van der Waals surface area contributed by atoms with Crippen molar-refractivity contribution in [3.8, 4) is 0 Å². The molecule has 0 spiro atoms. The smallest absolute Gasteiger partial charge is 0.0215 e. The van der Waals surface area contributed by atoms with Crippen molar-refractivity contribution in [3.05, 3.63) is 32.9 Å². The fraction of sp³-hybridized carbons (Fsp3) is 0.455. The first-order chi connectivity index (χ1) is 5.93. The average Bonchev–Trinajstić information content (AvgIpc) is 2.01. The summed E-state index contributed by atoms with van der Waals surface area (Å²) in [6.07, 6.45) is 0. The molecule has 71 valence electrons. The minimum atomic E-state index is 0.193.